The zero-order valence-electron chi connectivity index (χ0n) is 35.1. The number of para-hydroxylation sites is 2. The van der Waals surface area contributed by atoms with Gasteiger partial charge in [0.25, 0.3) is 0 Å². The van der Waals surface area contributed by atoms with E-state index in [1.165, 1.54) is 76.7 Å². The van der Waals surface area contributed by atoms with E-state index in [9.17, 15) is 0 Å². The molecule has 1 heterocycles. The number of nitrogens with zero attached hydrogens (tertiary/aromatic N) is 2. The summed E-state index contributed by atoms with van der Waals surface area (Å²) < 4.78 is 2.39. The molecule has 0 N–H and O–H groups in total. The van der Waals surface area contributed by atoms with E-state index < -0.39 is 0 Å². The second-order valence-corrected chi connectivity index (χ2v) is 16.5. The Balaban J connectivity index is 1.06. The minimum Gasteiger partial charge on any atom is -0.310 e. The molecule has 0 aliphatic heterocycles. The zero-order chi connectivity index (χ0) is 42.4. The summed E-state index contributed by atoms with van der Waals surface area (Å²) in [6.45, 7) is 0. The molecule has 0 aliphatic rings. The molecule has 1 aromatic heterocycles. The third-order valence-electron chi connectivity index (χ3n) is 12.7. The number of fused-ring (bicyclic) bond motifs is 6. The normalized spacial score (nSPS) is 11.4. The standard InChI is InChI=1S/C62H42N2/c1-4-19-43(20-5-1)49-38-50(44-21-6-2-7-22-44)41-53(40-49)63(61-42-48-23-10-11-30-54(48)56-31-12-13-32-57(56)61)52-29-17-25-46(39-52)45-24-16-26-47(37-45)55-34-18-36-60-62(55)58-33-14-15-35-59(58)64(60)51-27-8-3-9-28-51/h1-42H. The third-order valence-corrected chi connectivity index (χ3v) is 12.7. The number of aromatic nitrogens is 1. The van der Waals surface area contributed by atoms with E-state index in [0.29, 0.717) is 0 Å². The topological polar surface area (TPSA) is 8.17 Å². The van der Waals surface area contributed by atoms with Crippen molar-refractivity contribution in [2.24, 2.45) is 0 Å². The van der Waals surface area contributed by atoms with Gasteiger partial charge in [-0.25, -0.2) is 0 Å². The van der Waals surface area contributed by atoms with Crippen LogP contribution in [0.5, 0.6) is 0 Å². The van der Waals surface area contributed by atoms with E-state index in [1.54, 1.807) is 0 Å². The van der Waals surface area contributed by atoms with Crippen molar-refractivity contribution < 1.29 is 0 Å². The van der Waals surface area contributed by atoms with Gasteiger partial charge in [-0.3, -0.25) is 0 Å². The van der Waals surface area contributed by atoms with Crippen LogP contribution < -0.4 is 4.90 Å². The first-order chi connectivity index (χ1) is 31.7. The van der Waals surface area contributed by atoms with Crippen molar-refractivity contribution in [1.82, 2.24) is 4.57 Å². The molecule has 64 heavy (non-hydrogen) atoms. The first kappa shape index (κ1) is 37.3. The summed E-state index contributed by atoms with van der Waals surface area (Å²) in [7, 11) is 0. The van der Waals surface area contributed by atoms with Gasteiger partial charge in [-0.15, -0.1) is 0 Å². The lowest BCUT2D eigenvalue weighted by atomic mass is 9.94. The molecule has 0 aliphatic carbocycles. The monoisotopic (exact) mass is 814 g/mol. The first-order valence-corrected chi connectivity index (χ1v) is 22.0. The molecule has 0 radical (unpaired) electrons. The van der Waals surface area contributed by atoms with Gasteiger partial charge in [0.15, 0.2) is 0 Å². The molecule has 0 fully saturated rings. The van der Waals surface area contributed by atoms with Crippen LogP contribution in [0.3, 0.4) is 0 Å². The highest BCUT2D eigenvalue weighted by molar-refractivity contribution is 6.16. The molecule has 0 atom stereocenters. The molecular weight excluding hydrogens is 773 g/mol. The predicted molar refractivity (Wildman–Crippen MR) is 272 cm³/mol. The largest absolute Gasteiger partial charge is 0.310 e. The highest BCUT2D eigenvalue weighted by Gasteiger charge is 2.21. The van der Waals surface area contributed by atoms with Crippen LogP contribution in [0.2, 0.25) is 0 Å². The Kier molecular flexibility index (Phi) is 9.20. The fourth-order valence-electron chi connectivity index (χ4n) is 9.79. The molecule has 12 aromatic rings. The fourth-order valence-corrected chi connectivity index (χ4v) is 9.79. The van der Waals surface area contributed by atoms with E-state index >= 15 is 0 Å². The average molecular weight is 815 g/mol. The molecule has 0 bridgehead atoms. The molecule has 0 saturated carbocycles. The van der Waals surface area contributed by atoms with Gasteiger partial charge in [0, 0.05) is 33.2 Å². The van der Waals surface area contributed by atoms with Crippen molar-refractivity contribution in [2.75, 3.05) is 4.90 Å². The maximum absolute atomic E-state index is 2.47. The van der Waals surface area contributed by atoms with Crippen molar-refractivity contribution in [1.29, 1.82) is 0 Å². The summed E-state index contributed by atoms with van der Waals surface area (Å²) in [5.74, 6) is 0. The Morgan fingerprint density at radius 2 is 0.781 bits per heavy atom. The van der Waals surface area contributed by atoms with Gasteiger partial charge in [-0.2, -0.15) is 0 Å². The van der Waals surface area contributed by atoms with Crippen LogP contribution in [0.1, 0.15) is 0 Å². The molecule has 2 nitrogen and oxygen atoms in total. The summed E-state index contributed by atoms with van der Waals surface area (Å²) in [6, 6.07) is 92.8. The number of hydrogen-bond donors (Lipinski definition) is 0. The van der Waals surface area contributed by atoms with Crippen LogP contribution in [-0.2, 0) is 0 Å². The Bertz CT molecular complexity index is 3600. The number of anilines is 3. The zero-order valence-corrected chi connectivity index (χ0v) is 35.1. The summed E-state index contributed by atoms with van der Waals surface area (Å²) >= 11 is 0. The molecule has 11 aromatic carbocycles. The molecular formula is C62H42N2. The van der Waals surface area contributed by atoms with Crippen LogP contribution in [-0.4, -0.2) is 4.57 Å². The first-order valence-electron chi connectivity index (χ1n) is 22.0. The quantitative estimate of drug-likeness (QED) is 0.139. The van der Waals surface area contributed by atoms with Gasteiger partial charge in [0.05, 0.1) is 16.7 Å². The molecule has 0 unspecified atom stereocenters. The van der Waals surface area contributed by atoms with Gasteiger partial charge in [-0.1, -0.05) is 188 Å². The highest BCUT2D eigenvalue weighted by atomic mass is 15.1. The maximum atomic E-state index is 2.47. The second kappa shape index (κ2) is 15.8. The average Bonchev–Trinajstić information content (AvgIpc) is 3.72. The van der Waals surface area contributed by atoms with Gasteiger partial charge in [0.2, 0.25) is 0 Å². The molecule has 2 heteroatoms. The SMILES string of the molecule is c1ccc(-c2cc(-c3ccccc3)cc(N(c3cccc(-c4cccc(-c5cccc6c5c5ccccc5n6-c5ccccc5)c4)c3)c3cc4ccccc4c4ccccc34)c2)cc1. The summed E-state index contributed by atoms with van der Waals surface area (Å²) in [6.07, 6.45) is 0. The second-order valence-electron chi connectivity index (χ2n) is 16.5. The Labute approximate surface area is 373 Å². The lowest BCUT2D eigenvalue weighted by molar-refractivity contribution is 1.18. The predicted octanol–water partition coefficient (Wildman–Crippen LogP) is 17.2. The van der Waals surface area contributed by atoms with E-state index in [0.717, 1.165) is 33.9 Å². The smallest absolute Gasteiger partial charge is 0.0547 e. The molecule has 0 amide bonds. The maximum Gasteiger partial charge on any atom is 0.0547 e. The molecule has 300 valence electrons. The van der Waals surface area contributed by atoms with Crippen LogP contribution in [0, 0.1) is 0 Å². The summed E-state index contributed by atoms with van der Waals surface area (Å²) in [5, 5.41) is 7.38. The van der Waals surface area contributed by atoms with Gasteiger partial charge < -0.3 is 9.47 Å². The van der Waals surface area contributed by atoms with Crippen LogP contribution in [0.4, 0.5) is 17.1 Å². The van der Waals surface area contributed by atoms with E-state index in [4.69, 9.17) is 0 Å². The van der Waals surface area contributed by atoms with Crippen LogP contribution >= 0.6 is 0 Å². The molecule has 12 rings (SSSR count). The minimum absolute atomic E-state index is 1.08. The minimum atomic E-state index is 1.08. The van der Waals surface area contributed by atoms with Crippen LogP contribution in [0.25, 0.3) is 93.5 Å². The Morgan fingerprint density at radius 1 is 0.281 bits per heavy atom. The van der Waals surface area contributed by atoms with E-state index in [-0.39, 0.29) is 0 Å². The lowest BCUT2D eigenvalue weighted by Crippen LogP contribution is -2.11. The van der Waals surface area contributed by atoms with E-state index in [1.807, 2.05) is 0 Å². The van der Waals surface area contributed by atoms with Gasteiger partial charge in [-0.05, 0) is 127 Å². The Morgan fingerprint density at radius 3 is 1.52 bits per heavy atom. The van der Waals surface area contributed by atoms with Crippen molar-refractivity contribution >= 4 is 60.4 Å². The number of hydrogen-bond acceptors (Lipinski definition) is 1. The van der Waals surface area contributed by atoms with Gasteiger partial charge >= 0.3 is 0 Å². The summed E-state index contributed by atoms with van der Waals surface area (Å²) in [4.78, 5) is 2.47. The van der Waals surface area contributed by atoms with Crippen molar-refractivity contribution in [3.8, 4) is 50.2 Å². The van der Waals surface area contributed by atoms with Crippen molar-refractivity contribution in [3.63, 3.8) is 0 Å². The third kappa shape index (κ3) is 6.52. The lowest BCUT2D eigenvalue weighted by Gasteiger charge is -2.29. The van der Waals surface area contributed by atoms with Crippen LogP contribution in [0.15, 0.2) is 255 Å². The van der Waals surface area contributed by atoms with Crippen molar-refractivity contribution in [3.05, 3.63) is 255 Å². The molecule has 0 spiro atoms. The number of rotatable bonds is 8. The highest BCUT2D eigenvalue weighted by Crippen LogP contribution is 2.46. The number of benzene rings is 11. The summed E-state index contributed by atoms with van der Waals surface area (Å²) in [5.41, 5.74) is 16.3. The van der Waals surface area contributed by atoms with Crippen molar-refractivity contribution in [2.45, 2.75) is 0 Å². The van der Waals surface area contributed by atoms with E-state index in [2.05, 4.69) is 264 Å². The Hall–Kier alpha value is -8.46. The molecule has 0 saturated heterocycles. The van der Waals surface area contributed by atoms with Gasteiger partial charge in [0.1, 0.15) is 0 Å². The fraction of sp³-hybridized carbons (Fsp3) is 0.